The molecule has 4 atom stereocenters. The first-order chi connectivity index (χ1) is 12.0. The molecule has 0 radical (unpaired) electrons. The van der Waals surface area contributed by atoms with Crippen LogP contribution in [0.1, 0.15) is 18.4 Å². The molecule has 8 heteroatoms. The van der Waals surface area contributed by atoms with Crippen molar-refractivity contribution in [2.24, 2.45) is 0 Å². The lowest BCUT2D eigenvalue weighted by molar-refractivity contribution is -0.223. The summed E-state index contributed by atoms with van der Waals surface area (Å²) in [6.45, 7) is 0.149. The number of rotatable bonds is 9. The zero-order valence-corrected chi connectivity index (χ0v) is 14.1. The molecule has 4 unspecified atom stereocenters. The molecule has 1 aliphatic rings. The Morgan fingerprint density at radius 3 is 2.72 bits per heavy atom. The highest BCUT2D eigenvalue weighted by molar-refractivity contribution is 5.72. The van der Waals surface area contributed by atoms with Gasteiger partial charge in [0.15, 0.2) is 12.4 Å². The zero-order valence-electron chi connectivity index (χ0n) is 14.1. The van der Waals surface area contributed by atoms with E-state index in [2.05, 4.69) is 10.6 Å². The Balaban J connectivity index is 1.89. The molecule has 1 amide bonds. The van der Waals surface area contributed by atoms with Crippen LogP contribution in [0.2, 0.25) is 0 Å². The number of carbonyl (C=O) groups excluding carboxylic acids is 1. The lowest BCUT2D eigenvalue weighted by Gasteiger charge is -2.31. The Hall–Kier alpha value is -2.16. The molecule has 25 heavy (non-hydrogen) atoms. The van der Waals surface area contributed by atoms with Gasteiger partial charge in [-0.25, -0.2) is 4.79 Å². The summed E-state index contributed by atoms with van der Waals surface area (Å²) < 4.78 is 10.9. The van der Waals surface area contributed by atoms with E-state index in [0.29, 0.717) is 12.8 Å². The molecule has 2 rings (SSSR count). The summed E-state index contributed by atoms with van der Waals surface area (Å²) >= 11 is 0. The third kappa shape index (κ3) is 6.00. The molecule has 1 aromatic carbocycles. The van der Waals surface area contributed by atoms with Gasteiger partial charge >= 0.3 is 5.97 Å². The van der Waals surface area contributed by atoms with Crippen molar-refractivity contribution in [1.82, 2.24) is 5.32 Å². The minimum Gasteiger partial charge on any atom is -0.479 e. The van der Waals surface area contributed by atoms with Crippen LogP contribution in [0.3, 0.4) is 0 Å². The molecule has 0 aromatic heterocycles. The predicted molar refractivity (Wildman–Crippen MR) is 90.2 cm³/mol. The molecular weight excluding hydrogens is 328 g/mol. The van der Waals surface area contributed by atoms with Crippen molar-refractivity contribution in [2.45, 2.75) is 43.8 Å². The molecule has 1 fully saturated rings. The van der Waals surface area contributed by atoms with Crippen LogP contribution in [0.4, 0.5) is 5.69 Å². The summed E-state index contributed by atoms with van der Waals surface area (Å²) in [5.41, 5.74) is 2.01. The van der Waals surface area contributed by atoms with Crippen LogP contribution < -0.4 is 10.6 Å². The molecule has 0 spiro atoms. The SMILES string of the molecule is CNc1ccc(CC(COC2CC(O)CC(C(=O)O)O2)NC=O)cc1. The van der Waals surface area contributed by atoms with Gasteiger partial charge in [-0.2, -0.15) is 0 Å². The van der Waals surface area contributed by atoms with Gasteiger partial charge in [-0.3, -0.25) is 4.79 Å². The number of nitrogens with one attached hydrogen (secondary N) is 2. The highest BCUT2D eigenvalue weighted by Gasteiger charge is 2.33. The summed E-state index contributed by atoms with van der Waals surface area (Å²) in [7, 11) is 1.84. The van der Waals surface area contributed by atoms with Crippen molar-refractivity contribution in [1.29, 1.82) is 0 Å². The second kappa shape index (κ2) is 9.36. The van der Waals surface area contributed by atoms with Crippen molar-refractivity contribution < 1.29 is 29.3 Å². The molecule has 1 saturated heterocycles. The van der Waals surface area contributed by atoms with Gasteiger partial charge in [-0.1, -0.05) is 12.1 Å². The van der Waals surface area contributed by atoms with Crippen LogP contribution in [0.25, 0.3) is 0 Å². The molecule has 0 bridgehead atoms. The van der Waals surface area contributed by atoms with E-state index in [9.17, 15) is 14.7 Å². The van der Waals surface area contributed by atoms with Gasteiger partial charge in [0.2, 0.25) is 6.41 Å². The highest BCUT2D eigenvalue weighted by atomic mass is 16.7. The van der Waals surface area contributed by atoms with E-state index in [-0.39, 0.29) is 25.5 Å². The molecule has 1 heterocycles. The van der Waals surface area contributed by atoms with Crippen molar-refractivity contribution in [3.05, 3.63) is 29.8 Å². The monoisotopic (exact) mass is 352 g/mol. The number of carboxylic acid groups (broad SMARTS) is 1. The van der Waals surface area contributed by atoms with Crippen LogP contribution in [0, 0.1) is 0 Å². The molecule has 1 aromatic rings. The number of hydrogen-bond acceptors (Lipinski definition) is 6. The van der Waals surface area contributed by atoms with E-state index in [1.54, 1.807) is 0 Å². The Morgan fingerprint density at radius 1 is 1.40 bits per heavy atom. The van der Waals surface area contributed by atoms with Crippen LogP contribution in [-0.4, -0.2) is 60.8 Å². The number of benzene rings is 1. The summed E-state index contributed by atoms with van der Waals surface area (Å²) in [6.07, 6.45) is -1.27. The average molecular weight is 352 g/mol. The summed E-state index contributed by atoms with van der Waals surface area (Å²) in [4.78, 5) is 21.8. The summed E-state index contributed by atoms with van der Waals surface area (Å²) in [6, 6.07) is 7.49. The minimum atomic E-state index is -1.13. The maximum atomic E-state index is 11.0. The first kappa shape index (κ1) is 19.2. The fourth-order valence-corrected chi connectivity index (χ4v) is 2.70. The topological polar surface area (TPSA) is 117 Å². The smallest absolute Gasteiger partial charge is 0.333 e. The predicted octanol–water partition coefficient (Wildman–Crippen LogP) is 0.353. The third-order valence-electron chi connectivity index (χ3n) is 4.05. The largest absolute Gasteiger partial charge is 0.479 e. The van der Waals surface area contributed by atoms with Gasteiger partial charge in [0, 0.05) is 25.6 Å². The molecular formula is C17H24N2O6. The number of amides is 1. The summed E-state index contributed by atoms with van der Waals surface area (Å²) in [5, 5.41) is 24.5. The number of carbonyl (C=O) groups is 2. The van der Waals surface area contributed by atoms with E-state index in [0.717, 1.165) is 11.3 Å². The standard InChI is InChI=1S/C17H24N2O6/c1-18-12-4-2-11(3-5-12)6-13(19-10-20)9-24-16-8-14(21)7-15(25-16)17(22)23/h2-5,10,13-16,18,21H,6-9H2,1H3,(H,19,20)(H,22,23). The number of aliphatic hydroxyl groups is 1. The van der Waals surface area contributed by atoms with Crippen LogP contribution in [-0.2, 0) is 25.5 Å². The van der Waals surface area contributed by atoms with Gasteiger partial charge in [0.05, 0.1) is 18.8 Å². The third-order valence-corrected chi connectivity index (χ3v) is 4.05. The maximum absolute atomic E-state index is 11.0. The Kier molecular flexibility index (Phi) is 7.17. The number of ether oxygens (including phenoxy) is 2. The molecule has 8 nitrogen and oxygen atoms in total. The van der Waals surface area contributed by atoms with Crippen molar-refractivity contribution in [2.75, 3.05) is 19.0 Å². The minimum absolute atomic E-state index is 0.0447. The van der Waals surface area contributed by atoms with Gasteiger partial charge < -0.3 is 30.3 Å². The lowest BCUT2D eigenvalue weighted by atomic mass is 10.0. The second-order valence-electron chi connectivity index (χ2n) is 5.98. The lowest BCUT2D eigenvalue weighted by Crippen LogP contribution is -2.43. The Morgan fingerprint density at radius 2 is 2.12 bits per heavy atom. The van der Waals surface area contributed by atoms with Gasteiger partial charge in [0.1, 0.15) is 0 Å². The van der Waals surface area contributed by atoms with E-state index in [1.807, 2.05) is 31.3 Å². The number of aliphatic hydroxyl groups excluding tert-OH is 1. The van der Waals surface area contributed by atoms with Crippen LogP contribution in [0.5, 0.6) is 0 Å². The average Bonchev–Trinajstić information content (AvgIpc) is 2.60. The number of aliphatic carboxylic acids is 1. The quantitative estimate of drug-likeness (QED) is 0.474. The normalized spacial score (nSPS) is 24.3. The Labute approximate surface area is 146 Å². The summed E-state index contributed by atoms with van der Waals surface area (Å²) in [5.74, 6) is -1.13. The fourth-order valence-electron chi connectivity index (χ4n) is 2.70. The molecule has 0 saturated carbocycles. The fraction of sp³-hybridized carbons (Fsp3) is 0.529. The van der Waals surface area contributed by atoms with E-state index in [1.165, 1.54) is 0 Å². The number of anilines is 1. The van der Waals surface area contributed by atoms with Crippen molar-refractivity contribution >= 4 is 18.1 Å². The highest BCUT2D eigenvalue weighted by Crippen LogP contribution is 2.21. The first-order valence-corrected chi connectivity index (χ1v) is 8.16. The zero-order chi connectivity index (χ0) is 18.2. The van der Waals surface area contributed by atoms with Gasteiger partial charge in [-0.05, 0) is 24.1 Å². The van der Waals surface area contributed by atoms with Crippen LogP contribution in [0.15, 0.2) is 24.3 Å². The maximum Gasteiger partial charge on any atom is 0.333 e. The van der Waals surface area contributed by atoms with E-state index in [4.69, 9.17) is 14.6 Å². The van der Waals surface area contributed by atoms with E-state index >= 15 is 0 Å². The number of hydrogen-bond donors (Lipinski definition) is 4. The molecule has 138 valence electrons. The van der Waals surface area contributed by atoms with Gasteiger partial charge in [-0.15, -0.1) is 0 Å². The Bertz CT molecular complexity index is 565. The van der Waals surface area contributed by atoms with Crippen LogP contribution >= 0.6 is 0 Å². The first-order valence-electron chi connectivity index (χ1n) is 8.16. The van der Waals surface area contributed by atoms with E-state index < -0.39 is 24.5 Å². The van der Waals surface area contributed by atoms with Crippen molar-refractivity contribution in [3.8, 4) is 0 Å². The van der Waals surface area contributed by atoms with Crippen molar-refractivity contribution in [3.63, 3.8) is 0 Å². The molecule has 4 N–H and O–H groups in total. The van der Waals surface area contributed by atoms with Gasteiger partial charge in [0.25, 0.3) is 0 Å². The molecule has 0 aliphatic carbocycles. The number of carboxylic acids is 1. The second-order valence-corrected chi connectivity index (χ2v) is 5.98. The molecule has 1 aliphatic heterocycles.